The highest BCUT2D eigenvalue weighted by Gasteiger charge is 2.10. The second-order valence-corrected chi connectivity index (χ2v) is 5.56. The van der Waals surface area contributed by atoms with Crippen molar-refractivity contribution in [1.29, 1.82) is 5.26 Å². The van der Waals surface area contributed by atoms with Crippen molar-refractivity contribution in [3.8, 4) is 6.07 Å². The molecule has 3 heteroatoms. The molecule has 20 heavy (non-hydrogen) atoms. The van der Waals surface area contributed by atoms with Gasteiger partial charge in [-0.3, -0.25) is 0 Å². The number of nitrogens with one attached hydrogen (secondary N) is 1. The summed E-state index contributed by atoms with van der Waals surface area (Å²) < 4.78 is 0. The van der Waals surface area contributed by atoms with E-state index in [4.69, 9.17) is 5.26 Å². The third kappa shape index (κ3) is 4.25. The fraction of sp³-hybridized carbons (Fsp3) is 0.588. The molecule has 1 aromatic carbocycles. The molecule has 3 nitrogen and oxygen atoms in total. The number of nitriles is 1. The highest BCUT2D eigenvalue weighted by Crippen LogP contribution is 2.20. The van der Waals surface area contributed by atoms with Gasteiger partial charge in [-0.1, -0.05) is 19.1 Å². The maximum absolute atomic E-state index is 8.75. The molecular weight excluding hydrogens is 246 g/mol. The fourth-order valence-corrected chi connectivity index (χ4v) is 2.71. The summed E-state index contributed by atoms with van der Waals surface area (Å²) in [7, 11) is 0. The lowest BCUT2D eigenvalue weighted by Gasteiger charge is -2.29. The van der Waals surface area contributed by atoms with Crippen LogP contribution in [-0.2, 0) is 6.54 Å². The number of rotatable bonds is 6. The summed E-state index contributed by atoms with van der Waals surface area (Å²) in [5, 5.41) is 12.2. The summed E-state index contributed by atoms with van der Waals surface area (Å²) in [6.45, 7) is 5.35. The van der Waals surface area contributed by atoms with E-state index < -0.39 is 0 Å². The van der Waals surface area contributed by atoms with Crippen molar-refractivity contribution in [2.45, 2.75) is 51.6 Å². The molecule has 1 N–H and O–H groups in total. The van der Waals surface area contributed by atoms with Gasteiger partial charge in [0.05, 0.1) is 12.5 Å². The summed E-state index contributed by atoms with van der Waals surface area (Å²) in [4.78, 5) is 2.48. The Hall–Kier alpha value is -1.53. The van der Waals surface area contributed by atoms with Crippen LogP contribution in [0.25, 0.3) is 0 Å². The van der Waals surface area contributed by atoms with E-state index in [9.17, 15) is 0 Å². The summed E-state index contributed by atoms with van der Waals surface area (Å²) in [5.74, 6) is 0. The number of hydrogen-bond acceptors (Lipinski definition) is 3. The summed E-state index contributed by atoms with van der Waals surface area (Å²) in [6, 6.07) is 11.4. The van der Waals surface area contributed by atoms with Gasteiger partial charge in [-0.2, -0.15) is 5.26 Å². The zero-order valence-electron chi connectivity index (χ0n) is 12.4. The highest BCUT2D eigenvalue weighted by molar-refractivity contribution is 5.47. The smallest absolute Gasteiger partial charge is 0.0638 e. The number of piperidine rings is 1. The van der Waals surface area contributed by atoms with Crippen molar-refractivity contribution in [2.75, 3.05) is 18.0 Å². The van der Waals surface area contributed by atoms with Gasteiger partial charge in [-0.25, -0.2) is 0 Å². The molecule has 108 valence electrons. The number of anilines is 1. The first-order chi connectivity index (χ1) is 9.83. The van der Waals surface area contributed by atoms with E-state index >= 15 is 0 Å². The van der Waals surface area contributed by atoms with Gasteiger partial charge < -0.3 is 10.2 Å². The molecule has 1 unspecified atom stereocenters. The molecule has 1 fully saturated rings. The zero-order chi connectivity index (χ0) is 14.2. The number of hydrogen-bond donors (Lipinski definition) is 1. The van der Waals surface area contributed by atoms with Crippen LogP contribution < -0.4 is 10.2 Å². The van der Waals surface area contributed by atoms with Crippen molar-refractivity contribution in [2.24, 2.45) is 0 Å². The quantitative estimate of drug-likeness (QED) is 0.861. The van der Waals surface area contributed by atoms with Crippen molar-refractivity contribution in [1.82, 2.24) is 5.32 Å². The van der Waals surface area contributed by atoms with Gasteiger partial charge in [0.2, 0.25) is 0 Å². The van der Waals surface area contributed by atoms with Crippen molar-refractivity contribution < 1.29 is 0 Å². The minimum Gasteiger partial charge on any atom is -0.372 e. The third-order valence-corrected chi connectivity index (χ3v) is 4.08. The standard InChI is InChI=1S/C17H25N3/c1-2-16(10-11-18)19-14-15-6-8-17(9-7-15)20-12-4-3-5-13-20/h6-9,16,19H,2-5,10,12-14H2,1H3. The molecule has 0 spiro atoms. The van der Waals surface area contributed by atoms with Crippen LogP contribution in [0.1, 0.15) is 44.6 Å². The zero-order valence-corrected chi connectivity index (χ0v) is 12.4. The van der Waals surface area contributed by atoms with Crippen molar-refractivity contribution in [3.05, 3.63) is 29.8 Å². The Morgan fingerprint density at radius 1 is 1.20 bits per heavy atom. The molecule has 0 aliphatic carbocycles. The molecule has 0 bridgehead atoms. The molecule has 1 aliphatic rings. The van der Waals surface area contributed by atoms with Crippen LogP contribution in [-0.4, -0.2) is 19.1 Å². The van der Waals surface area contributed by atoms with Crippen LogP contribution in [0.5, 0.6) is 0 Å². The van der Waals surface area contributed by atoms with Crippen LogP contribution >= 0.6 is 0 Å². The summed E-state index contributed by atoms with van der Waals surface area (Å²) in [5.41, 5.74) is 2.64. The third-order valence-electron chi connectivity index (χ3n) is 4.08. The molecule has 1 heterocycles. The molecule has 0 radical (unpaired) electrons. The lowest BCUT2D eigenvalue weighted by molar-refractivity contribution is 0.505. The predicted molar refractivity (Wildman–Crippen MR) is 83.7 cm³/mol. The topological polar surface area (TPSA) is 39.1 Å². The van der Waals surface area contributed by atoms with E-state index in [1.54, 1.807) is 0 Å². The Morgan fingerprint density at radius 3 is 2.50 bits per heavy atom. The largest absolute Gasteiger partial charge is 0.372 e. The summed E-state index contributed by atoms with van der Waals surface area (Å²) in [6.07, 6.45) is 5.59. The molecular formula is C17H25N3. The number of benzene rings is 1. The van der Waals surface area contributed by atoms with Gasteiger partial charge in [0, 0.05) is 31.4 Å². The van der Waals surface area contributed by atoms with Gasteiger partial charge in [0.1, 0.15) is 0 Å². The lowest BCUT2D eigenvalue weighted by atomic mass is 10.1. The molecule has 1 aromatic rings. The Morgan fingerprint density at radius 2 is 1.90 bits per heavy atom. The second-order valence-electron chi connectivity index (χ2n) is 5.56. The first kappa shape index (κ1) is 14.9. The van der Waals surface area contributed by atoms with E-state index in [0.717, 1.165) is 13.0 Å². The Bertz CT molecular complexity index is 427. The highest BCUT2D eigenvalue weighted by atomic mass is 15.1. The second kappa shape index (κ2) is 7.91. The van der Waals surface area contributed by atoms with Crippen LogP contribution in [0.2, 0.25) is 0 Å². The molecule has 0 aromatic heterocycles. The van der Waals surface area contributed by atoms with Crippen LogP contribution in [0.4, 0.5) is 5.69 Å². The van der Waals surface area contributed by atoms with Gasteiger partial charge in [0.25, 0.3) is 0 Å². The van der Waals surface area contributed by atoms with Crippen LogP contribution in [0.3, 0.4) is 0 Å². The minimum atomic E-state index is 0.307. The number of nitrogens with zero attached hydrogens (tertiary/aromatic N) is 2. The molecule has 1 saturated heterocycles. The van der Waals surface area contributed by atoms with Crippen molar-refractivity contribution >= 4 is 5.69 Å². The monoisotopic (exact) mass is 271 g/mol. The Labute approximate surface area is 122 Å². The summed E-state index contributed by atoms with van der Waals surface area (Å²) >= 11 is 0. The fourth-order valence-electron chi connectivity index (χ4n) is 2.71. The molecule has 2 rings (SSSR count). The van der Waals surface area contributed by atoms with Gasteiger partial charge in [-0.05, 0) is 43.4 Å². The van der Waals surface area contributed by atoms with E-state index in [0.29, 0.717) is 12.5 Å². The SMILES string of the molecule is CCC(CC#N)NCc1ccc(N2CCCCC2)cc1. The molecule has 1 atom stereocenters. The lowest BCUT2D eigenvalue weighted by Crippen LogP contribution is -2.29. The Balaban J connectivity index is 1.86. The maximum Gasteiger partial charge on any atom is 0.0638 e. The van der Waals surface area contributed by atoms with E-state index in [2.05, 4.69) is 47.5 Å². The van der Waals surface area contributed by atoms with Crippen LogP contribution in [0, 0.1) is 11.3 Å². The van der Waals surface area contributed by atoms with Gasteiger partial charge in [0.15, 0.2) is 0 Å². The first-order valence-corrected chi connectivity index (χ1v) is 7.77. The average Bonchev–Trinajstić information content (AvgIpc) is 2.53. The first-order valence-electron chi connectivity index (χ1n) is 7.77. The van der Waals surface area contributed by atoms with Crippen LogP contribution in [0.15, 0.2) is 24.3 Å². The van der Waals surface area contributed by atoms with E-state index in [1.807, 2.05) is 0 Å². The molecule has 1 aliphatic heterocycles. The molecule has 0 saturated carbocycles. The Kier molecular flexibility index (Phi) is 5.88. The molecule has 0 amide bonds. The average molecular weight is 271 g/mol. The maximum atomic E-state index is 8.75. The van der Waals surface area contributed by atoms with Crippen molar-refractivity contribution in [3.63, 3.8) is 0 Å². The van der Waals surface area contributed by atoms with E-state index in [-0.39, 0.29) is 0 Å². The van der Waals surface area contributed by atoms with Gasteiger partial charge >= 0.3 is 0 Å². The van der Waals surface area contributed by atoms with Gasteiger partial charge in [-0.15, -0.1) is 0 Å². The minimum absolute atomic E-state index is 0.307. The van der Waals surface area contributed by atoms with E-state index in [1.165, 1.54) is 43.6 Å². The normalized spacial score (nSPS) is 16.7. The predicted octanol–water partition coefficient (Wildman–Crippen LogP) is 3.46.